The summed E-state index contributed by atoms with van der Waals surface area (Å²) in [4.78, 5) is 17.7. The standard InChI is InChI=1S/C19H21BrN4O/c20-18-3-1-16(2-4-18)14-24-11-7-17(8-12-24)19(25)23-22-13-15-5-9-21-10-6-15/h1-6,9-10,13,17H,7-8,11-12,14H2,(H,23,25)/p+1/b22-13-. The summed E-state index contributed by atoms with van der Waals surface area (Å²) in [5.74, 6) is 0.0799. The normalized spacial score (nSPS) is 20.5. The van der Waals surface area contributed by atoms with Crippen LogP contribution in [0.1, 0.15) is 24.0 Å². The summed E-state index contributed by atoms with van der Waals surface area (Å²) >= 11 is 3.46. The van der Waals surface area contributed by atoms with Gasteiger partial charge in [0.25, 0.3) is 0 Å². The lowest BCUT2D eigenvalue weighted by atomic mass is 9.96. The first-order valence-corrected chi connectivity index (χ1v) is 9.31. The van der Waals surface area contributed by atoms with Crippen molar-refractivity contribution in [3.8, 4) is 0 Å². The number of carbonyl (C=O) groups is 1. The maximum absolute atomic E-state index is 12.2. The second-order valence-corrected chi connectivity index (χ2v) is 7.26. The van der Waals surface area contributed by atoms with Gasteiger partial charge in [-0.15, -0.1) is 0 Å². The minimum absolute atomic E-state index is 0.0213. The largest absolute Gasteiger partial charge is 0.331 e. The summed E-state index contributed by atoms with van der Waals surface area (Å²) < 4.78 is 1.11. The van der Waals surface area contributed by atoms with Crippen molar-refractivity contribution in [1.29, 1.82) is 0 Å². The number of hydrazone groups is 1. The number of amides is 1. The number of piperidine rings is 1. The topological polar surface area (TPSA) is 58.8 Å². The number of quaternary nitrogens is 1. The zero-order valence-corrected chi connectivity index (χ0v) is 15.6. The molecule has 1 fully saturated rings. The number of halogens is 1. The molecule has 1 aromatic heterocycles. The molecular formula is C19H22BrN4O+. The first kappa shape index (κ1) is 17.8. The molecule has 25 heavy (non-hydrogen) atoms. The van der Waals surface area contributed by atoms with Gasteiger partial charge in [-0.25, -0.2) is 5.43 Å². The smallest absolute Gasteiger partial charge is 0.243 e. The van der Waals surface area contributed by atoms with E-state index < -0.39 is 0 Å². The maximum Gasteiger partial charge on any atom is 0.243 e. The van der Waals surface area contributed by atoms with E-state index in [2.05, 4.69) is 55.7 Å². The Bertz CT molecular complexity index is 710. The van der Waals surface area contributed by atoms with E-state index in [1.54, 1.807) is 18.6 Å². The predicted molar refractivity (Wildman–Crippen MR) is 101 cm³/mol. The molecule has 0 bridgehead atoms. The molecule has 1 aliphatic heterocycles. The molecule has 1 saturated heterocycles. The van der Waals surface area contributed by atoms with Gasteiger partial charge in [-0.1, -0.05) is 28.1 Å². The lowest BCUT2D eigenvalue weighted by Gasteiger charge is -2.28. The number of nitrogens with one attached hydrogen (secondary N) is 2. The van der Waals surface area contributed by atoms with Crippen LogP contribution in [0, 0.1) is 5.92 Å². The fourth-order valence-electron chi connectivity index (χ4n) is 3.07. The van der Waals surface area contributed by atoms with E-state index in [1.165, 1.54) is 10.5 Å². The molecule has 1 amide bonds. The molecule has 0 atom stereocenters. The minimum Gasteiger partial charge on any atom is -0.331 e. The van der Waals surface area contributed by atoms with Gasteiger partial charge in [0.1, 0.15) is 6.54 Å². The van der Waals surface area contributed by atoms with E-state index in [0.29, 0.717) is 0 Å². The molecule has 1 aromatic carbocycles. The van der Waals surface area contributed by atoms with Gasteiger partial charge >= 0.3 is 0 Å². The Hall–Kier alpha value is -2.05. The summed E-state index contributed by atoms with van der Waals surface area (Å²) in [7, 11) is 0. The van der Waals surface area contributed by atoms with Crippen molar-refractivity contribution in [2.45, 2.75) is 19.4 Å². The Morgan fingerprint density at radius 1 is 1.20 bits per heavy atom. The quantitative estimate of drug-likeness (QED) is 0.592. The van der Waals surface area contributed by atoms with Crippen LogP contribution < -0.4 is 10.3 Å². The number of benzene rings is 1. The summed E-state index contributed by atoms with van der Waals surface area (Å²) in [5, 5.41) is 4.05. The van der Waals surface area contributed by atoms with Crippen LogP contribution in [0.15, 0.2) is 58.4 Å². The van der Waals surface area contributed by atoms with Crippen LogP contribution in [0.2, 0.25) is 0 Å². The summed E-state index contributed by atoms with van der Waals surface area (Å²) in [5.41, 5.74) is 4.92. The van der Waals surface area contributed by atoms with E-state index >= 15 is 0 Å². The second kappa shape index (κ2) is 8.87. The summed E-state index contributed by atoms with van der Waals surface area (Å²) in [6.07, 6.45) is 6.86. The molecule has 5 nitrogen and oxygen atoms in total. The van der Waals surface area contributed by atoms with Crippen LogP contribution in [0.5, 0.6) is 0 Å². The fourth-order valence-corrected chi connectivity index (χ4v) is 3.33. The molecule has 2 aromatic rings. The van der Waals surface area contributed by atoms with Crippen molar-refractivity contribution in [1.82, 2.24) is 10.4 Å². The van der Waals surface area contributed by atoms with Crippen molar-refractivity contribution in [2.24, 2.45) is 11.0 Å². The Labute approximate surface area is 156 Å². The first-order valence-electron chi connectivity index (χ1n) is 8.51. The molecular weight excluding hydrogens is 380 g/mol. The molecule has 0 saturated carbocycles. The third-order valence-corrected chi connectivity index (χ3v) is 5.05. The summed E-state index contributed by atoms with van der Waals surface area (Å²) in [6, 6.07) is 12.2. The highest BCUT2D eigenvalue weighted by Gasteiger charge is 2.27. The molecule has 0 unspecified atom stereocenters. The zero-order chi connectivity index (χ0) is 17.5. The molecule has 130 valence electrons. The number of hydrogen-bond donors (Lipinski definition) is 2. The average Bonchev–Trinajstić information content (AvgIpc) is 2.65. The molecule has 0 aliphatic carbocycles. The van der Waals surface area contributed by atoms with Crippen molar-refractivity contribution in [2.75, 3.05) is 13.1 Å². The van der Waals surface area contributed by atoms with E-state index in [9.17, 15) is 4.79 Å². The number of nitrogens with zero attached hydrogens (tertiary/aromatic N) is 2. The van der Waals surface area contributed by atoms with Crippen LogP contribution in [-0.2, 0) is 11.3 Å². The van der Waals surface area contributed by atoms with Crippen molar-refractivity contribution >= 4 is 28.1 Å². The summed E-state index contributed by atoms with van der Waals surface area (Å²) in [6.45, 7) is 3.05. The number of aromatic nitrogens is 1. The van der Waals surface area contributed by atoms with Gasteiger partial charge in [-0.2, -0.15) is 5.10 Å². The fraction of sp³-hybridized carbons (Fsp3) is 0.316. The van der Waals surface area contributed by atoms with Gasteiger partial charge in [0.2, 0.25) is 5.91 Å². The third-order valence-electron chi connectivity index (χ3n) is 4.53. The molecule has 2 N–H and O–H groups in total. The number of carbonyl (C=O) groups excluding carboxylic acids is 1. The first-order chi connectivity index (χ1) is 12.2. The lowest BCUT2D eigenvalue weighted by Crippen LogP contribution is -3.11. The Balaban J connectivity index is 1.43. The van der Waals surface area contributed by atoms with Gasteiger partial charge in [-0.05, 0) is 29.8 Å². The monoisotopic (exact) mass is 401 g/mol. The third kappa shape index (κ3) is 5.47. The zero-order valence-electron chi connectivity index (χ0n) is 14.0. The molecule has 3 rings (SSSR count). The average molecular weight is 402 g/mol. The van der Waals surface area contributed by atoms with E-state index in [1.807, 2.05) is 12.1 Å². The lowest BCUT2D eigenvalue weighted by molar-refractivity contribution is -0.919. The number of hydrogen-bond acceptors (Lipinski definition) is 3. The molecule has 0 spiro atoms. The van der Waals surface area contributed by atoms with E-state index in [-0.39, 0.29) is 11.8 Å². The van der Waals surface area contributed by atoms with Crippen molar-refractivity contribution in [3.05, 3.63) is 64.4 Å². The highest BCUT2D eigenvalue weighted by molar-refractivity contribution is 9.10. The Kier molecular flexibility index (Phi) is 6.30. The molecule has 0 radical (unpaired) electrons. The Morgan fingerprint density at radius 3 is 2.56 bits per heavy atom. The number of rotatable bonds is 5. The van der Waals surface area contributed by atoms with Crippen LogP contribution >= 0.6 is 15.9 Å². The second-order valence-electron chi connectivity index (χ2n) is 6.34. The van der Waals surface area contributed by atoms with Crippen molar-refractivity contribution in [3.63, 3.8) is 0 Å². The minimum atomic E-state index is 0.0213. The molecule has 1 aliphatic rings. The van der Waals surface area contributed by atoms with E-state index in [4.69, 9.17) is 0 Å². The van der Waals surface area contributed by atoms with Crippen LogP contribution in [0.4, 0.5) is 0 Å². The van der Waals surface area contributed by atoms with Crippen LogP contribution in [0.25, 0.3) is 0 Å². The van der Waals surface area contributed by atoms with Gasteiger partial charge in [-0.3, -0.25) is 9.78 Å². The van der Waals surface area contributed by atoms with Gasteiger partial charge in [0, 0.05) is 35.3 Å². The molecule has 6 heteroatoms. The highest BCUT2D eigenvalue weighted by atomic mass is 79.9. The van der Waals surface area contributed by atoms with E-state index in [0.717, 1.165) is 42.5 Å². The molecule has 2 heterocycles. The maximum atomic E-state index is 12.2. The Morgan fingerprint density at radius 2 is 1.88 bits per heavy atom. The van der Waals surface area contributed by atoms with Gasteiger partial charge < -0.3 is 4.90 Å². The highest BCUT2D eigenvalue weighted by Crippen LogP contribution is 2.12. The van der Waals surface area contributed by atoms with Crippen molar-refractivity contribution < 1.29 is 9.69 Å². The van der Waals surface area contributed by atoms with Gasteiger partial charge in [0.15, 0.2) is 0 Å². The van der Waals surface area contributed by atoms with Gasteiger partial charge in [0.05, 0.1) is 25.2 Å². The number of pyridine rings is 1. The number of likely N-dealkylation sites (tertiary alicyclic amines) is 1. The SMILES string of the molecule is O=C(N/N=C\c1ccncc1)C1CC[NH+](Cc2ccc(Br)cc2)CC1. The predicted octanol–water partition coefficient (Wildman–Crippen LogP) is 1.79. The van der Waals surface area contributed by atoms with Crippen LogP contribution in [-0.4, -0.2) is 30.2 Å². The van der Waals surface area contributed by atoms with Crippen LogP contribution in [0.3, 0.4) is 0 Å².